The molecule has 2 heterocycles. The number of rotatable bonds is 6. The molecule has 1 aliphatic heterocycles. The molecule has 4 nitrogen and oxygen atoms in total. The fourth-order valence-corrected chi connectivity index (χ4v) is 2.50. The molecule has 0 atom stereocenters. The number of unbranched alkanes of at least 4 members (excludes halogenated alkanes) is 1. The molecule has 0 unspecified atom stereocenters. The van der Waals surface area contributed by atoms with Crippen LogP contribution in [0.15, 0.2) is 21.2 Å². The molecule has 18 heavy (non-hydrogen) atoms. The lowest BCUT2D eigenvalue weighted by Crippen LogP contribution is -2.25. The standard InChI is InChI=1S/C13H19BrN2O2/c14-12-6-5-11(18-12)13(17)15-7-1-2-8-16-9-3-4-10-16/h5-6H,1-4,7-10H2,(H,15,17). The van der Waals surface area contributed by atoms with Crippen molar-refractivity contribution in [3.63, 3.8) is 0 Å². The van der Waals surface area contributed by atoms with E-state index in [1.807, 2.05) is 0 Å². The summed E-state index contributed by atoms with van der Waals surface area (Å²) in [4.78, 5) is 14.1. The highest BCUT2D eigenvalue weighted by atomic mass is 79.9. The molecule has 0 radical (unpaired) electrons. The Morgan fingerprint density at radius 1 is 1.33 bits per heavy atom. The van der Waals surface area contributed by atoms with Crippen LogP contribution in [0.4, 0.5) is 0 Å². The van der Waals surface area contributed by atoms with Crippen molar-refractivity contribution in [2.45, 2.75) is 25.7 Å². The first-order valence-corrected chi connectivity index (χ1v) is 7.31. The molecule has 1 fully saturated rings. The van der Waals surface area contributed by atoms with Gasteiger partial charge in [0.05, 0.1) is 0 Å². The number of furan rings is 1. The van der Waals surface area contributed by atoms with E-state index in [9.17, 15) is 4.79 Å². The van der Waals surface area contributed by atoms with Crippen LogP contribution < -0.4 is 5.32 Å². The molecule has 0 aliphatic carbocycles. The summed E-state index contributed by atoms with van der Waals surface area (Å²) in [5.74, 6) is 0.225. The molecule has 1 saturated heterocycles. The van der Waals surface area contributed by atoms with Crippen LogP contribution in [-0.2, 0) is 0 Å². The third-order valence-corrected chi connectivity index (χ3v) is 3.61. The van der Waals surface area contributed by atoms with Gasteiger partial charge in [0.25, 0.3) is 5.91 Å². The molecule has 1 aromatic rings. The van der Waals surface area contributed by atoms with Gasteiger partial charge in [-0.05, 0) is 73.4 Å². The minimum atomic E-state index is -0.137. The van der Waals surface area contributed by atoms with Gasteiger partial charge in [0.2, 0.25) is 0 Å². The highest BCUT2D eigenvalue weighted by Gasteiger charge is 2.11. The minimum Gasteiger partial charge on any atom is -0.444 e. The second-order valence-electron chi connectivity index (χ2n) is 4.62. The van der Waals surface area contributed by atoms with Crippen LogP contribution in [0.2, 0.25) is 0 Å². The number of carbonyl (C=O) groups excluding carboxylic acids is 1. The van der Waals surface area contributed by atoms with Crippen molar-refractivity contribution in [2.75, 3.05) is 26.2 Å². The van der Waals surface area contributed by atoms with Crippen LogP contribution in [0.3, 0.4) is 0 Å². The van der Waals surface area contributed by atoms with Gasteiger partial charge < -0.3 is 14.6 Å². The number of carbonyl (C=O) groups is 1. The van der Waals surface area contributed by atoms with E-state index >= 15 is 0 Å². The molecule has 2 rings (SSSR count). The van der Waals surface area contributed by atoms with Crippen LogP contribution in [0.1, 0.15) is 36.2 Å². The Labute approximate surface area is 116 Å². The highest BCUT2D eigenvalue weighted by Crippen LogP contribution is 2.13. The molecule has 1 aliphatic rings. The summed E-state index contributed by atoms with van der Waals surface area (Å²) in [6.45, 7) is 4.35. The van der Waals surface area contributed by atoms with Crippen molar-refractivity contribution < 1.29 is 9.21 Å². The third kappa shape index (κ3) is 4.14. The summed E-state index contributed by atoms with van der Waals surface area (Å²) in [5, 5.41) is 2.87. The predicted octanol–water partition coefficient (Wildman–Crippen LogP) is 2.65. The molecule has 0 saturated carbocycles. The number of hydrogen-bond donors (Lipinski definition) is 1. The van der Waals surface area contributed by atoms with E-state index in [0.717, 1.165) is 19.4 Å². The maximum Gasteiger partial charge on any atom is 0.287 e. The topological polar surface area (TPSA) is 45.5 Å². The molecule has 0 aromatic carbocycles. The van der Waals surface area contributed by atoms with E-state index in [2.05, 4.69) is 26.1 Å². The van der Waals surface area contributed by atoms with Crippen LogP contribution in [0.5, 0.6) is 0 Å². The van der Waals surface area contributed by atoms with E-state index in [0.29, 0.717) is 17.0 Å². The lowest BCUT2D eigenvalue weighted by molar-refractivity contribution is 0.0923. The SMILES string of the molecule is O=C(NCCCCN1CCCC1)c1ccc(Br)o1. The van der Waals surface area contributed by atoms with Gasteiger partial charge in [-0.3, -0.25) is 4.79 Å². The molecular weight excluding hydrogens is 296 g/mol. The van der Waals surface area contributed by atoms with E-state index in [4.69, 9.17) is 4.42 Å². The maximum atomic E-state index is 11.6. The predicted molar refractivity (Wildman–Crippen MR) is 73.6 cm³/mol. The zero-order chi connectivity index (χ0) is 12.8. The van der Waals surface area contributed by atoms with Gasteiger partial charge in [-0.1, -0.05) is 0 Å². The smallest absolute Gasteiger partial charge is 0.287 e. The Morgan fingerprint density at radius 3 is 2.78 bits per heavy atom. The zero-order valence-corrected chi connectivity index (χ0v) is 12.0. The van der Waals surface area contributed by atoms with Crippen molar-refractivity contribution in [1.29, 1.82) is 0 Å². The molecule has 5 heteroatoms. The summed E-state index contributed by atoms with van der Waals surface area (Å²) in [6, 6.07) is 3.39. The van der Waals surface area contributed by atoms with Crippen molar-refractivity contribution in [2.24, 2.45) is 0 Å². The number of nitrogens with zero attached hydrogens (tertiary/aromatic N) is 1. The van der Waals surface area contributed by atoms with Crippen LogP contribution in [0.25, 0.3) is 0 Å². The maximum absolute atomic E-state index is 11.6. The first-order valence-electron chi connectivity index (χ1n) is 6.51. The van der Waals surface area contributed by atoms with Gasteiger partial charge in [-0.25, -0.2) is 0 Å². The van der Waals surface area contributed by atoms with Gasteiger partial charge in [0, 0.05) is 6.54 Å². The molecule has 0 bridgehead atoms. The lowest BCUT2D eigenvalue weighted by Gasteiger charge is -2.13. The van der Waals surface area contributed by atoms with Crippen LogP contribution >= 0.6 is 15.9 Å². The molecule has 1 amide bonds. The second kappa shape index (κ2) is 6.95. The normalized spacial score (nSPS) is 16.1. The fourth-order valence-electron chi connectivity index (χ4n) is 2.19. The second-order valence-corrected chi connectivity index (χ2v) is 5.40. The third-order valence-electron chi connectivity index (χ3n) is 3.18. The Balaban J connectivity index is 1.56. The first kappa shape index (κ1) is 13.6. The summed E-state index contributed by atoms with van der Waals surface area (Å²) >= 11 is 3.18. The fraction of sp³-hybridized carbons (Fsp3) is 0.615. The first-order chi connectivity index (χ1) is 8.75. The zero-order valence-electron chi connectivity index (χ0n) is 10.5. The summed E-state index contributed by atoms with van der Waals surface area (Å²) < 4.78 is 5.76. The lowest BCUT2D eigenvalue weighted by atomic mass is 10.3. The van der Waals surface area contributed by atoms with Crippen molar-refractivity contribution in [1.82, 2.24) is 10.2 Å². The average Bonchev–Trinajstić information content (AvgIpc) is 2.99. The monoisotopic (exact) mass is 314 g/mol. The Hall–Kier alpha value is -0.810. The van der Waals surface area contributed by atoms with Crippen molar-refractivity contribution in [3.8, 4) is 0 Å². The van der Waals surface area contributed by atoms with Gasteiger partial charge in [-0.15, -0.1) is 0 Å². The van der Waals surface area contributed by atoms with Crippen molar-refractivity contribution in [3.05, 3.63) is 22.6 Å². The van der Waals surface area contributed by atoms with Crippen LogP contribution in [0, 0.1) is 0 Å². The highest BCUT2D eigenvalue weighted by molar-refractivity contribution is 9.10. The van der Waals surface area contributed by atoms with E-state index in [1.165, 1.54) is 25.9 Å². The molecule has 1 N–H and O–H groups in total. The largest absolute Gasteiger partial charge is 0.444 e. The van der Waals surface area contributed by atoms with Crippen LogP contribution in [-0.4, -0.2) is 37.0 Å². The van der Waals surface area contributed by atoms with Gasteiger partial charge in [-0.2, -0.15) is 0 Å². The van der Waals surface area contributed by atoms with E-state index < -0.39 is 0 Å². The average molecular weight is 315 g/mol. The Morgan fingerprint density at radius 2 is 2.11 bits per heavy atom. The Bertz CT molecular complexity index is 386. The molecule has 0 spiro atoms. The summed E-state index contributed by atoms with van der Waals surface area (Å²) in [6.07, 6.45) is 4.83. The van der Waals surface area contributed by atoms with Gasteiger partial charge >= 0.3 is 0 Å². The molecule has 100 valence electrons. The number of likely N-dealkylation sites (tertiary alicyclic amines) is 1. The van der Waals surface area contributed by atoms with Crippen molar-refractivity contribution >= 4 is 21.8 Å². The summed E-state index contributed by atoms with van der Waals surface area (Å²) in [7, 11) is 0. The number of nitrogens with one attached hydrogen (secondary N) is 1. The van der Waals surface area contributed by atoms with Gasteiger partial charge in [0.15, 0.2) is 10.4 Å². The molecule has 1 aromatic heterocycles. The number of halogens is 1. The summed E-state index contributed by atoms with van der Waals surface area (Å²) in [5.41, 5.74) is 0. The van der Waals surface area contributed by atoms with Gasteiger partial charge in [0.1, 0.15) is 0 Å². The van der Waals surface area contributed by atoms with E-state index in [1.54, 1.807) is 12.1 Å². The molecular formula is C13H19BrN2O2. The van der Waals surface area contributed by atoms with E-state index in [-0.39, 0.29) is 5.91 Å². The Kier molecular flexibility index (Phi) is 5.26. The minimum absolute atomic E-state index is 0.137. The quantitative estimate of drug-likeness (QED) is 0.821. The number of amides is 1. The number of hydrogen-bond acceptors (Lipinski definition) is 3.